The summed E-state index contributed by atoms with van der Waals surface area (Å²) in [6.07, 6.45) is -3.17. The Morgan fingerprint density at radius 3 is 2.40 bits per heavy atom. The van der Waals surface area contributed by atoms with Crippen molar-refractivity contribution in [1.29, 1.82) is 5.26 Å². The van der Waals surface area contributed by atoms with Gasteiger partial charge in [0.05, 0.1) is 41.0 Å². The highest BCUT2D eigenvalue weighted by atomic mass is 19.4. The number of carbonyl (C=O) groups excluding carboxylic acids is 1. The predicted molar refractivity (Wildman–Crippen MR) is 123 cm³/mol. The van der Waals surface area contributed by atoms with Crippen molar-refractivity contribution in [1.82, 2.24) is 9.55 Å². The highest BCUT2D eigenvalue weighted by Gasteiger charge is 2.34. The molecule has 0 N–H and O–H groups in total. The lowest BCUT2D eigenvalue weighted by molar-refractivity contribution is -0.137. The van der Waals surface area contributed by atoms with Gasteiger partial charge in [-0.25, -0.2) is 4.98 Å². The number of ketones is 1. The standard InChI is InChI=1S/C27H16F3N3O2/c28-27(29,30)22-13-18(8-9-20(22)15-31)25(34)19-10-11-24-23(14-19)32-26(17-5-2-1-3-6-17)33(24)16-21-7-4-12-35-21/h1-14H,16H2. The minimum atomic E-state index is -4.75. The molecule has 0 radical (unpaired) electrons. The zero-order valence-corrected chi connectivity index (χ0v) is 18.1. The normalized spacial score (nSPS) is 11.5. The van der Waals surface area contributed by atoms with Gasteiger partial charge in [-0.1, -0.05) is 30.3 Å². The molecule has 0 spiro atoms. The number of nitriles is 1. The third kappa shape index (κ3) is 4.20. The number of carbonyl (C=O) groups is 1. The summed E-state index contributed by atoms with van der Waals surface area (Å²) in [5, 5.41) is 9.01. The largest absolute Gasteiger partial charge is 0.467 e. The molecular weight excluding hydrogens is 455 g/mol. The van der Waals surface area contributed by atoms with Gasteiger partial charge < -0.3 is 8.98 Å². The molecular formula is C27H16F3N3O2. The van der Waals surface area contributed by atoms with E-state index in [-0.39, 0.29) is 11.1 Å². The van der Waals surface area contributed by atoms with Crippen LogP contribution in [0.4, 0.5) is 13.2 Å². The minimum absolute atomic E-state index is 0.158. The van der Waals surface area contributed by atoms with Gasteiger partial charge in [0.2, 0.25) is 0 Å². The number of imidazole rings is 1. The molecule has 2 heterocycles. The Labute approximate surface area is 197 Å². The van der Waals surface area contributed by atoms with Gasteiger partial charge in [-0.05, 0) is 48.5 Å². The quantitative estimate of drug-likeness (QED) is 0.276. The lowest BCUT2D eigenvalue weighted by Gasteiger charge is -2.10. The average Bonchev–Trinajstić information content (AvgIpc) is 3.51. The van der Waals surface area contributed by atoms with Crippen molar-refractivity contribution in [2.45, 2.75) is 12.7 Å². The van der Waals surface area contributed by atoms with E-state index in [1.165, 1.54) is 12.1 Å². The maximum atomic E-state index is 13.4. The Morgan fingerprint density at radius 2 is 1.71 bits per heavy atom. The molecule has 0 aliphatic rings. The summed E-state index contributed by atoms with van der Waals surface area (Å²) in [6.45, 7) is 0.408. The molecule has 0 unspecified atom stereocenters. The lowest BCUT2D eigenvalue weighted by atomic mass is 9.98. The summed E-state index contributed by atoms with van der Waals surface area (Å²) in [4.78, 5) is 17.8. The molecule has 0 saturated carbocycles. The summed E-state index contributed by atoms with van der Waals surface area (Å²) in [6, 6.07) is 22.5. The van der Waals surface area contributed by atoms with Gasteiger partial charge in [0.1, 0.15) is 11.6 Å². The first kappa shape index (κ1) is 22.2. The Hall–Kier alpha value is -4.64. The Bertz CT molecular complexity index is 1580. The Kier molecular flexibility index (Phi) is 5.46. The van der Waals surface area contributed by atoms with E-state index in [0.717, 1.165) is 29.0 Å². The van der Waals surface area contributed by atoms with Crippen molar-refractivity contribution < 1.29 is 22.4 Å². The number of alkyl halides is 3. The topological polar surface area (TPSA) is 71.8 Å². The average molecular weight is 471 g/mol. The van der Waals surface area contributed by atoms with Crippen LogP contribution in [-0.4, -0.2) is 15.3 Å². The molecule has 5 aromatic rings. The van der Waals surface area contributed by atoms with Crippen molar-refractivity contribution in [3.05, 3.63) is 113 Å². The zero-order chi connectivity index (χ0) is 24.6. The number of fused-ring (bicyclic) bond motifs is 1. The number of nitrogens with zero attached hydrogens (tertiary/aromatic N) is 3. The molecule has 0 saturated heterocycles. The second kappa shape index (κ2) is 8.61. The van der Waals surface area contributed by atoms with Crippen LogP contribution in [0.1, 0.15) is 32.8 Å². The first-order chi connectivity index (χ1) is 16.8. The maximum Gasteiger partial charge on any atom is 0.417 e. The molecule has 5 nitrogen and oxygen atoms in total. The van der Waals surface area contributed by atoms with Crippen LogP contribution in [-0.2, 0) is 12.7 Å². The molecule has 0 amide bonds. The van der Waals surface area contributed by atoms with Crippen LogP contribution in [0.3, 0.4) is 0 Å². The summed E-state index contributed by atoms with van der Waals surface area (Å²) in [7, 11) is 0. The number of benzene rings is 3. The number of aromatic nitrogens is 2. The summed E-state index contributed by atoms with van der Waals surface area (Å²) in [5.41, 5.74) is 0.491. The molecule has 0 aliphatic heterocycles. The van der Waals surface area contributed by atoms with Gasteiger partial charge in [-0.3, -0.25) is 4.79 Å². The smallest absolute Gasteiger partial charge is 0.417 e. The van der Waals surface area contributed by atoms with Crippen molar-refractivity contribution >= 4 is 16.8 Å². The molecule has 8 heteroatoms. The molecule has 0 fully saturated rings. The fraction of sp³-hybridized carbons (Fsp3) is 0.0741. The summed E-state index contributed by atoms with van der Waals surface area (Å²) in [5.74, 6) is 0.793. The van der Waals surface area contributed by atoms with E-state index in [0.29, 0.717) is 17.9 Å². The minimum Gasteiger partial charge on any atom is -0.467 e. The van der Waals surface area contributed by atoms with Crippen molar-refractivity contribution in [2.75, 3.05) is 0 Å². The van der Waals surface area contributed by atoms with Crippen molar-refractivity contribution in [3.63, 3.8) is 0 Å². The molecule has 0 atom stereocenters. The van der Waals surface area contributed by atoms with E-state index in [4.69, 9.17) is 14.7 Å². The van der Waals surface area contributed by atoms with Gasteiger partial charge in [0.25, 0.3) is 0 Å². The van der Waals surface area contributed by atoms with Crippen LogP contribution in [0.2, 0.25) is 0 Å². The molecule has 2 aromatic heterocycles. The Balaban J connectivity index is 1.60. The van der Waals surface area contributed by atoms with Crippen LogP contribution >= 0.6 is 0 Å². The van der Waals surface area contributed by atoms with E-state index >= 15 is 0 Å². The zero-order valence-electron chi connectivity index (χ0n) is 18.1. The first-order valence-corrected chi connectivity index (χ1v) is 10.6. The van der Waals surface area contributed by atoms with Crippen LogP contribution < -0.4 is 0 Å². The second-order valence-electron chi connectivity index (χ2n) is 7.87. The molecule has 172 valence electrons. The number of halogens is 3. The molecule has 0 bridgehead atoms. The highest BCUT2D eigenvalue weighted by Crippen LogP contribution is 2.33. The number of hydrogen-bond acceptors (Lipinski definition) is 4. The first-order valence-electron chi connectivity index (χ1n) is 10.6. The molecule has 3 aromatic carbocycles. The summed E-state index contributed by atoms with van der Waals surface area (Å²) < 4.78 is 47.6. The van der Waals surface area contributed by atoms with Crippen LogP contribution in [0.15, 0.2) is 89.5 Å². The van der Waals surface area contributed by atoms with Crippen molar-refractivity contribution in [2.24, 2.45) is 0 Å². The van der Waals surface area contributed by atoms with E-state index in [9.17, 15) is 18.0 Å². The van der Waals surface area contributed by atoms with Crippen molar-refractivity contribution in [3.8, 4) is 17.5 Å². The SMILES string of the molecule is N#Cc1ccc(C(=O)c2ccc3c(c2)nc(-c2ccccc2)n3Cc2ccco2)cc1C(F)(F)F. The monoisotopic (exact) mass is 471 g/mol. The number of furan rings is 1. The number of rotatable bonds is 5. The maximum absolute atomic E-state index is 13.4. The van der Waals surface area contributed by atoms with Gasteiger partial charge in [0.15, 0.2) is 5.78 Å². The van der Waals surface area contributed by atoms with Crippen LogP contribution in [0.5, 0.6) is 0 Å². The van der Waals surface area contributed by atoms with Gasteiger partial charge >= 0.3 is 6.18 Å². The fourth-order valence-corrected chi connectivity index (χ4v) is 3.98. The molecule has 5 rings (SSSR count). The molecule has 0 aliphatic carbocycles. The number of hydrogen-bond donors (Lipinski definition) is 0. The van der Waals surface area contributed by atoms with E-state index in [2.05, 4.69) is 0 Å². The van der Waals surface area contributed by atoms with Crippen LogP contribution in [0.25, 0.3) is 22.4 Å². The predicted octanol–water partition coefficient (Wildman–Crippen LogP) is 6.47. The van der Waals surface area contributed by atoms with Crippen LogP contribution in [0, 0.1) is 11.3 Å². The second-order valence-corrected chi connectivity index (χ2v) is 7.87. The summed E-state index contributed by atoms with van der Waals surface area (Å²) >= 11 is 0. The van der Waals surface area contributed by atoms with E-state index in [1.807, 2.05) is 41.0 Å². The fourth-order valence-electron chi connectivity index (χ4n) is 3.98. The van der Waals surface area contributed by atoms with E-state index < -0.39 is 23.1 Å². The van der Waals surface area contributed by atoms with Gasteiger partial charge in [0, 0.05) is 16.7 Å². The van der Waals surface area contributed by atoms with Gasteiger partial charge in [-0.15, -0.1) is 0 Å². The lowest BCUT2D eigenvalue weighted by Crippen LogP contribution is -2.11. The third-order valence-electron chi connectivity index (χ3n) is 5.64. The molecule has 35 heavy (non-hydrogen) atoms. The van der Waals surface area contributed by atoms with E-state index in [1.54, 1.807) is 30.5 Å². The Morgan fingerprint density at radius 1 is 0.971 bits per heavy atom. The highest BCUT2D eigenvalue weighted by molar-refractivity contribution is 6.10. The third-order valence-corrected chi connectivity index (χ3v) is 5.64. The van der Waals surface area contributed by atoms with Gasteiger partial charge in [-0.2, -0.15) is 18.4 Å².